The van der Waals surface area contributed by atoms with E-state index in [1.807, 2.05) is 0 Å². The zero-order chi connectivity index (χ0) is 21.3. The molecule has 0 spiro atoms. The quantitative estimate of drug-likeness (QED) is 0.254. The molecule has 0 aromatic rings. The van der Waals surface area contributed by atoms with E-state index in [1.165, 1.54) is 0 Å². The first-order chi connectivity index (χ1) is 11.5. The van der Waals surface area contributed by atoms with Crippen molar-refractivity contribution in [1.29, 1.82) is 0 Å². The van der Waals surface area contributed by atoms with Crippen LogP contribution in [0.15, 0.2) is 0 Å². The normalized spacial score (nSPS) is 13.8. The van der Waals surface area contributed by atoms with Gasteiger partial charge < -0.3 is 27.0 Å². The lowest BCUT2D eigenvalue weighted by atomic mass is 10.2. The highest BCUT2D eigenvalue weighted by molar-refractivity contribution is 6.41. The number of carbonyl (C=O) groups is 4. The molecule has 0 radical (unpaired) electrons. The summed E-state index contributed by atoms with van der Waals surface area (Å²) in [4.78, 5) is 40.0. The average molecular weight is 399 g/mol. The summed E-state index contributed by atoms with van der Waals surface area (Å²) >= 11 is 0. The third kappa shape index (κ3) is 11.3. The Balaban J connectivity index is 0. The predicted molar refractivity (Wildman–Crippen MR) is 70.8 cm³/mol. The van der Waals surface area contributed by atoms with Crippen LogP contribution in [0.2, 0.25) is 0 Å². The van der Waals surface area contributed by atoms with Crippen LogP contribution in [0.1, 0.15) is 6.42 Å². The van der Waals surface area contributed by atoms with Gasteiger partial charge in [0, 0.05) is 19.1 Å². The summed E-state index contributed by atoms with van der Waals surface area (Å²) in [7, 11) is 0. The van der Waals surface area contributed by atoms with E-state index in [9.17, 15) is 45.5 Å². The summed E-state index contributed by atoms with van der Waals surface area (Å²) in [6, 6.07) is -1.49. The van der Waals surface area contributed by atoms with Gasteiger partial charge in [-0.05, 0) is 0 Å². The molecule has 0 bridgehead atoms. The Bertz CT molecular complexity index is 498. The molecule has 0 rings (SSSR count). The van der Waals surface area contributed by atoms with E-state index < -0.39 is 48.3 Å². The molecule has 0 heterocycles. The molecule has 0 saturated carbocycles. The van der Waals surface area contributed by atoms with Crippen LogP contribution in [0, 0.1) is 0 Å². The van der Waals surface area contributed by atoms with Gasteiger partial charge in [0.05, 0.1) is 6.42 Å². The Morgan fingerprint density at radius 2 is 1.31 bits per heavy atom. The molecule has 9 nitrogen and oxygen atoms in total. The van der Waals surface area contributed by atoms with Crippen molar-refractivity contribution in [3.05, 3.63) is 0 Å². The zero-order valence-electron chi connectivity index (χ0n) is 12.7. The summed E-state index contributed by atoms with van der Waals surface area (Å²) in [6.07, 6.45) is -12.0. The third-order valence-corrected chi connectivity index (χ3v) is 2.33. The molecule has 0 aromatic heterocycles. The molecule has 0 aromatic carbocycles. The number of ketones is 2. The van der Waals surface area contributed by atoms with Crippen LogP contribution < -0.4 is 16.8 Å². The maximum Gasteiger partial charge on any atom is 0.458 e. The zero-order valence-corrected chi connectivity index (χ0v) is 12.7. The van der Waals surface area contributed by atoms with Crippen LogP contribution in [-0.4, -0.2) is 71.2 Å². The third-order valence-electron chi connectivity index (χ3n) is 2.33. The predicted octanol–water partition coefficient (Wildman–Crippen LogP) is -0.961. The van der Waals surface area contributed by atoms with Gasteiger partial charge in [0.1, 0.15) is 6.04 Å². The molecule has 26 heavy (non-hydrogen) atoms. The minimum Gasteiger partial charge on any atom is -0.481 e. The van der Waals surface area contributed by atoms with Crippen molar-refractivity contribution in [1.82, 2.24) is 5.32 Å². The number of carboxylic acid groups (broad SMARTS) is 2. The first-order valence-corrected chi connectivity index (χ1v) is 6.40. The Morgan fingerprint density at radius 3 is 1.54 bits per heavy atom. The second-order valence-electron chi connectivity index (χ2n) is 4.55. The topological polar surface area (TPSA) is 173 Å². The lowest BCUT2D eigenvalue weighted by molar-refractivity contribution is -0.193. The molecule has 0 aliphatic carbocycles. The highest BCUT2D eigenvalue weighted by Crippen LogP contribution is 2.23. The number of alkyl halides is 6. The number of nitrogens with one attached hydrogen (secondary N) is 1. The molecule has 2 atom stereocenters. The first kappa shape index (κ1) is 26.0. The van der Waals surface area contributed by atoms with Gasteiger partial charge in [0.2, 0.25) is 0 Å². The van der Waals surface area contributed by atoms with E-state index in [2.05, 4.69) is 5.32 Å². The van der Waals surface area contributed by atoms with Crippen LogP contribution in [-0.2, 0) is 19.2 Å². The molecule has 0 aliphatic heterocycles. The number of Topliss-reactive ketones (excluding diaryl/α,β-unsaturated/α-hetero) is 2. The van der Waals surface area contributed by atoms with Gasteiger partial charge in [-0.3, -0.25) is 19.2 Å². The molecule has 0 unspecified atom stereocenters. The van der Waals surface area contributed by atoms with Gasteiger partial charge in [-0.1, -0.05) is 0 Å². The molecule has 0 saturated heterocycles. The fourth-order valence-corrected chi connectivity index (χ4v) is 1.06. The molecular weight excluding hydrogens is 384 g/mol. The summed E-state index contributed by atoms with van der Waals surface area (Å²) < 4.78 is 67.0. The summed E-state index contributed by atoms with van der Waals surface area (Å²) in [5, 5.41) is 19.5. The summed E-state index contributed by atoms with van der Waals surface area (Å²) in [5.74, 6) is -9.20. The summed E-state index contributed by atoms with van der Waals surface area (Å²) in [5.41, 5.74) is 10.6. The van der Waals surface area contributed by atoms with Gasteiger partial charge in [0.25, 0.3) is 0 Å². The van der Waals surface area contributed by atoms with Crippen molar-refractivity contribution in [2.75, 3.05) is 13.1 Å². The SMILES string of the molecule is NC[C@H](N)CN[C@@H](CC(=O)O)C(=O)O.O=C(C(=O)C(F)(F)F)C(F)(F)F. The van der Waals surface area contributed by atoms with Crippen LogP contribution in [0.4, 0.5) is 26.3 Å². The number of carbonyl (C=O) groups excluding carboxylic acids is 2. The van der Waals surface area contributed by atoms with Crippen LogP contribution >= 0.6 is 0 Å². The highest BCUT2D eigenvalue weighted by atomic mass is 19.4. The molecule has 152 valence electrons. The molecular formula is C11H15F6N3O6. The van der Waals surface area contributed by atoms with Gasteiger partial charge in [-0.15, -0.1) is 0 Å². The van der Waals surface area contributed by atoms with E-state index in [0.717, 1.165) is 0 Å². The van der Waals surface area contributed by atoms with E-state index in [-0.39, 0.29) is 19.1 Å². The Hall–Kier alpha value is -2.26. The lowest BCUT2D eigenvalue weighted by Crippen LogP contribution is -2.47. The second-order valence-corrected chi connectivity index (χ2v) is 4.55. The average Bonchev–Trinajstić information content (AvgIpc) is 2.47. The maximum absolute atomic E-state index is 11.2. The van der Waals surface area contributed by atoms with Gasteiger partial charge in [-0.2, -0.15) is 26.3 Å². The molecule has 0 amide bonds. The Labute approximate surface area is 141 Å². The smallest absolute Gasteiger partial charge is 0.458 e. The van der Waals surface area contributed by atoms with Gasteiger partial charge in [0.15, 0.2) is 0 Å². The molecule has 15 heteroatoms. The highest BCUT2D eigenvalue weighted by Gasteiger charge is 2.54. The van der Waals surface area contributed by atoms with Crippen LogP contribution in [0.25, 0.3) is 0 Å². The summed E-state index contributed by atoms with van der Waals surface area (Å²) in [6.45, 7) is 0.396. The second kappa shape index (κ2) is 10.7. The number of halogens is 6. The molecule has 0 fully saturated rings. The fourth-order valence-electron chi connectivity index (χ4n) is 1.06. The largest absolute Gasteiger partial charge is 0.481 e. The standard InChI is InChI=1S/C7H15N3O4.C4F6O2/c8-2-4(9)3-10-5(7(13)14)1-6(11)12;5-3(6,7)1(11)2(12)4(8,9)10/h4-5,10H,1-3,8-9H2,(H,11,12)(H,13,14);/t4-,5-;/m0./s1. The van der Waals surface area contributed by atoms with E-state index >= 15 is 0 Å². The first-order valence-electron chi connectivity index (χ1n) is 6.40. The van der Waals surface area contributed by atoms with Crippen LogP contribution in [0.3, 0.4) is 0 Å². The fraction of sp³-hybridized carbons (Fsp3) is 0.636. The van der Waals surface area contributed by atoms with Gasteiger partial charge in [-0.25, -0.2) is 0 Å². The van der Waals surface area contributed by atoms with Crippen molar-refractivity contribution < 1.29 is 55.7 Å². The van der Waals surface area contributed by atoms with Gasteiger partial charge >= 0.3 is 35.9 Å². The van der Waals surface area contributed by atoms with Crippen LogP contribution in [0.5, 0.6) is 0 Å². The minimum absolute atomic E-state index is 0.181. The number of hydrogen-bond donors (Lipinski definition) is 5. The number of aliphatic carboxylic acids is 2. The van der Waals surface area contributed by atoms with E-state index in [1.54, 1.807) is 0 Å². The molecule has 7 N–H and O–H groups in total. The number of hydrogen-bond acceptors (Lipinski definition) is 7. The van der Waals surface area contributed by atoms with Crippen molar-refractivity contribution in [3.8, 4) is 0 Å². The van der Waals surface area contributed by atoms with Crippen molar-refractivity contribution >= 4 is 23.5 Å². The lowest BCUT2D eigenvalue weighted by Gasteiger charge is -2.15. The van der Waals surface area contributed by atoms with E-state index in [4.69, 9.17) is 21.7 Å². The Kier molecular flexibility index (Phi) is 10.7. The number of nitrogens with two attached hydrogens (primary N) is 2. The van der Waals surface area contributed by atoms with Crippen molar-refractivity contribution in [3.63, 3.8) is 0 Å². The van der Waals surface area contributed by atoms with Crippen molar-refractivity contribution in [2.45, 2.75) is 30.9 Å². The van der Waals surface area contributed by atoms with Crippen molar-refractivity contribution in [2.24, 2.45) is 11.5 Å². The monoisotopic (exact) mass is 399 g/mol. The van der Waals surface area contributed by atoms with E-state index in [0.29, 0.717) is 0 Å². The molecule has 0 aliphatic rings. The maximum atomic E-state index is 11.2. The number of carboxylic acids is 2. The Morgan fingerprint density at radius 1 is 0.923 bits per heavy atom. The number of rotatable bonds is 8. The minimum atomic E-state index is -5.77.